The van der Waals surface area contributed by atoms with Gasteiger partial charge in [0.05, 0.1) is 6.04 Å². The van der Waals surface area contributed by atoms with Crippen molar-refractivity contribution in [3.8, 4) is 0 Å². The second-order valence-electron chi connectivity index (χ2n) is 8.09. The first kappa shape index (κ1) is 18.7. The molecule has 28 heavy (non-hydrogen) atoms. The van der Waals surface area contributed by atoms with Crippen LogP contribution in [-0.2, 0) is 6.42 Å². The van der Waals surface area contributed by atoms with Crippen LogP contribution in [0.4, 0.5) is 0 Å². The molecule has 0 saturated carbocycles. The zero-order valence-corrected chi connectivity index (χ0v) is 16.6. The van der Waals surface area contributed by atoms with Crippen LogP contribution in [0, 0.1) is 0 Å². The van der Waals surface area contributed by atoms with Gasteiger partial charge in [0.1, 0.15) is 11.4 Å². The third kappa shape index (κ3) is 3.66. The molecule has 146 valence electrons. The van der Waals surface area contributed by atoms with E-state index in [-0.39, 0.29) is 17.9 Å². The van der Waals surface area contributed by atoms with E-state index in [9.17, 15) is 9.59 Å². The van der Waals surface area contributed by atoms with Gasteiger partial charge in [-0.1, -0.05) is 38.1 Å². The Labute approximate surface area is 166 Å². The van der Waals surface area contributed by atoms with Crippen molar-refractivity contribution < 1.29 is 9.59 Å². The smallest absolute Gasteiger partial charge is 0.272 e. The predicted molar refractivity (Wildman–Crippen MR) is 108 cm³/mol. The van der Waals surface area contributed by atoms with E-state index >= 15 is 0 Å². The summed E-state index contributed by atoms with van der Waals surface area (Å²) in [7, 11) is 0. The number of aromatic nitrogens is 1. The molecule has 2 amide bonds. The maximum Gasteiger partial charge on any atom is 0.272 e. The van der Waals surface area contributed by atoms with Crippen molar-refractivity contribution in [2.24, 2.45) is 0 Å². The van der Waals surface area contributed by atoms with Gasteiger partial charge in [-0.05, 0) is 60.4 Å². The van der Waals surface area contributed by atoms with Gasteiger partial charge in [0.25, 0.3) is 11.8 Å². The molecular formula is C23H27N3O2. The average molecular weight is 377 g/mol. The van der Waals surface area contributed by atoms with E-state index in [1.54, 1.807) is 18.2 Å². The lowest BCUT2D eigenvalue weighted by molar-refractivity contribution is 0.0787. The van der Waals surface area contributed by atoms with Crippen molar-refractivity contribution in [1.29, 1.82) is 0 Å². The summed E-state index contributed by atoms with van der Waals surface area (Å²) in [4.78, 5) is 31.6. The number of pyridine rings is 1. The molecule has 1 aliphatic heterocycles. The molecule has 4 rings (SSSR count). The van der Waals surface area contributed by atoms with Gasteiger partial charge in [-0.15, -0.1) is 0 Å². The number of carbonyl (C=O) groups is 2. The molecule has 1 atom stereocenters. The molecule has 1 saturated heterocycles. The van der Waals surface area contributed by atoms with Crippen LogP contribution in [0.5, 0.6) is 0 Å². The van der Waals surface area contributed by atoms with Gasteiger partial charge >= 0.3 is 0 Å². The zero-order chi connectivity index (χ0) is 19.7. The fourth-order valence-corrected chi connectivity index (χ4v) is 4.12. The second-order valence-corrected chi connectivity index (χ2v) is 8.09. The summed E-state index contributed by atoms with van der Waals surface area (Å²) in [6, 6.07) is 11.7. The zero-order valence-electron chi connectivity index (χ0n) is 16.6. The minimum Gasteiger partial charge on any atom is -0.344 e. The van der Waals surface area contributed by atoms with Crippen LogP contribution in [0.3, 0.4) is 0 Å². The highest BCUT2D eigenvalue weighted by molar-refractivity contribution is 5.96. The Hall–Kier alpha value is -2.69. The summed E-state index contributed by atoms with van der Waals surface area (Å²) < 4.78 is 0. The van der Waals surface area contributed by atoms with Crippen LogP contribution in [0.15, 0.2) is 36.4 Å². The van der Waals surface area contributed by atoms with Crippen LogP contribution in [0.25, 0.3) is 0 Å². The summed E-state index contributed by atoms with van der Waals surface area (Å²) in [6.45, 7) is 5.90. The van der Waals surface area contributed by atoms with Gasteiger partial charge in [-0.25, -0.2) is 4.98 Å². The summed E-state index contributed by atoms with van der Waals surface area (Å²) in [5.41, 5.74) is 4.46. The minimum absolute atomic E-state index is 0.000870. The molecule has 5 nitrogen and oxygen atoms in total. The third-order valence-corrected chi connectivity index (χ3v) is 5.81. The monoisotopic (exact) mass is 377 g/mol. The first-order valence-electron chi connectivity index (χ1n) is 10.2. The number of fused-ring (bicyclic) bond motifs is 1. The first-order valence-corrected chi connectivity index (χ1v) is 10.2. The molecule has 0 bridgehead atoms. The summed E-state index contributed by atoms with van der Waals surface area (Å²) in [5.74, 6) is 0.154. The number of rotatable bonds is 4. The van der Waals surface area contributed by atoms with Gasteiger partial charge in [-0.3, -0.25) is 9.59 Å². The number of carbonyl (C=O) groups excluding carboxylic acids is 2. The van der Waals surface area contributed by atoms with Crippen molar-refractivity contribution in [3.63, 3.8) is 0 Å². The molecule has 1 N–H and O–H groups in total. The van der Waals surface area contributed by atoms with E-state index in [0.29, 0.717) is 17.3 Å². The Morgan fingerprint density at radius 3 is 2.61 bits per heavy atom. The van der Waals surface area contributed by atoms with Gasteiger partial charge in [0.15, 0.2) is 0 Å². The topological polar surface area (TPSA) is 62.3 Å². The number of likely N-dealkylation sites (tertiary alicyclic amines) is 1. The van der Waals surface area contributed by atoms with E-state index in [4.69, 9.17) is 0 Å². The van der Waals surface area contributed by atoms with Gasteiger partial charge < -0.3 is 10.2 Å². The number of hydrogen-bond acceptors (Lipinski definition) is 3. The summed E-state index contributed by atoms with van der Waals surface area (Å²) >= 11 is 0. The minimum atomic E-state index is -0.219. The lowest BCUT2D eigenvalue weighted by Gasteiger charge is -2.17. The van der Waals surface area contributed by atoms with Crippen molar-refractivity contribution in [2.45, 2.75) is 51.5 Å². The molecule has 2 aromatic rings. The maximum atomic E-state index is 12.8. The van der Waals surface area contributed by atoms with Crippen LogP contribution in [-0.4, -0.2) is 34.8 Å². The SMILES string of the molecule is CC(C)c1ccc2c(c1)C(NC(=O)c1cccc(C(=O)N3CCCC3)n1)CC2. The summed E-state index contributed by atoms with van der Waals surface area (Å²) in [6.07, 6.45) is 3.94. The van der Waals surface area contributed by atoms with E-state index < -0.39 is 0 Å². The summed E-state index contributed by atoms with van der Waals surface area (Å²) in [5, 5.41) is 3.13. The molecule has 1 aliphatic carbocycles. The van der Waals surface area contributed by atoms with E-state index in [2.05, 4.69) is 42.3 Å². The van der Waals surface area contributed by atoms with Gasteiger partial charge in [-0.2, -0.15) is 0 Å². The number of aryl methyl sites for hydroxylation is 1. The van der Waals surface area contributed by atoms with Crippen LogP contribution < -0.4 is 5.32 Å². The highest BCUT2D eigenvalue weighted by atomic mass is 16.2. The highest BCUT2D eigenvalue weighted by Gasteiger charge is 2.26. The van der Waals surface area contributed by atoms with E-state index in [1.807, 2.05) is 4.90 Å². The maximum absolute atomic E-state index is 12.8. The predicted octanol–water partition coefficient (Wildman–Crippen LogP) is 3.86. The molecule has 1 aromatic carbocycles. The van der Waals surface area contributed by atoms with Crippen molar-refractivity contribution in [3.05, 3.63) is 64.5 Å². The lowest BCUT2D eigenvalue weighted by Crippen LogP contribution is -2.31. The fraction of sp³-hybridized carbons (Fsp3) is 0.435. The Morgan fingerprint density at radius 2 is 1.86 bits per heavy atom. The van der Waals surface area contributed by atoms with E-state index in [1.165, 1.54) is 16.7 Å². The molecule has 0 spiro atoms. The molecule has 5 heteroatoms. The Morgan fingerprint density at radius 1 is 1.11 bits per heavy atom. The lowest BCUT2D eigenvalue weighted by atomic mass is 9.97. The fourth-order valence-electron chi connectivity index (χ4n) is 4.12. The molecule has 1 fully saturated rings. The van der Waals surface area contributed by atoms with Gasteiger partial charge in [0.2, 0.25) is 0 Å². The van der Waals surface area contributed by atoms with Crippen LogP contribution in [0.2, 0.25) is 0 Å². The number of hydrogen-bond donors (Lipinski definition) is 1. The number of nitrogens with zero attached hydrogens (tertiary/aromatic N) is 2. The van der Waals surface area contributed by atoms with Crippen molar-refractivity contribution in [1.82, 2.24) is 15.2 Å². The van der Waals surface area contributed by atoms with Crippen molar-refractivity contribution >= 4 is 11.8 Å². The number of benzene rings is 1. The van der Waals surface area contributed by atoms with E-state index in [0.717, 1.165) is 38.8 Å². The third-order valence-electron chi connectivity index (χ3n) is 5.81. The molecule has 1 aromatic heterocycles. The highest BCUT2D eigenvalue weighted by Crippen LogP contribution is 2.33. The molecule has 1 unspecified atom stereocenters. The Kier molecular flexibility index (Phi) is 5.16. The average Bonchev–Trinajstić information content (AvgIpc) is 3.37. The molecular weight excluding hydrogens is 350 g/mol. The molecule has 2 heterocycles. The standard InChI is InChI=1S/C23H27N3O2/c1-15(2)17-9-8-16-10-11-19(18(16)14-17)25-22(27)20-6-5-7-21(24-20)23(28)26-12-3-4-13-26/h5-9,14-15,19H,3-4,10-13H2,1-2H3,(H,25,27). The normalized spacial score (nSPS) is 18.4. The molecule has 0 radical (unpaired) electrons. The quantitative estimate of drug-likeness (QED) is 0.880. The van der Waals surface area contributed by atoms with Gasteiger partial charge in [0, 0.05) is 13.1 Å². The first-order chi connectivity index (χ1) is 13.5. The second kappa shape index (κ2) is 7.74. The Bertz CT molecular complexity index is 900. The largest absolute Gasteiger partial charge is 0.344 e. The number of nitrogens with one attached hydrogen (secondary N) is 1. The Balaban J connectivity index is 1.50. The van der Waals surface area contributed by atoms with Crippen LogP contribution in [0.1, 0.15) is 82.7 Å². The molecule has 2 aliphatic rings. The van der Waals surface area contributed by atoms with Crippen molar-refractivity contribution in [2.75, 3.05) is 13.1 Å². The number of amides is 2. The van der Waals surface area contributed by atoms with Crippen LogP contribution >= 0.6 is 0 Å².